The monoisotopic (exact) mass is 457 g/mol. The second-order valence-electron chi connectivity index (χ2n) is 5.41. The first-order chi connectivity index (χ1) is 11.0. The highest BCUT2D eigenvalue weighted by Gasteiger charge is 2.30. The van der Waals surface area contributed by atoms with Crippen molar-refractivity contribution >= 4 is 29.9 Å². The Bertz CT molecular complexity index is 532. The molecule has 0 amide bonds. The Labute approximate surface area is 157 Å². The predicted octanol–water partition coefficient (Wildman–Crippen LogP) is 3.56. The lowest BCUT2D eigenvalue weighted by atomic mass is 10.1. The largest absolute Gasteiger partial charge is 0.416 e. The second-order valence-corrected chi connectivity index (χ2v) is 5.41. The maximum atomic E-state index is 12.7. The Morgan fingerprint density at radius 1 is 1.33 bits per heavy atom. The molecule has 8 heteroatoms. The molecule has 24 heavy (non-hydrogen) atoms. The first-order valence-electron chi connectivity index (χ1n) is 7.79. The summed E-state index contributed by atoms with van der Waals surface area (Å²) in [5.74, 6) is 0.584. The van der Waals surface area contributed by atoms with E-state index in [0.717, 1.165) is 31.6 Å². The van der Waals surface area contributed by atoms with Gasteiger partial charge in [0.15, 0.2) is 5.96 Å². The molecule has 1 aliphatic rings. The van der Waals surface area contributed by atoms with E-state index in [4.69, 9.17) is 4.74 Å². The first kappa shape index (κ1) is 21.0. The Morgan fingerprint density at radius 2 is 2.12 bits per heavy atom. The molecule has 2 rings (SSSR count). The number of guanidine groups is 1. The normalized spacial score (nSPS) is 18.2. The molecule has 0 radical (unpaired) electrons. The van der Waals surface area contributed by atoms with Crippen molar-refractivity contribution in [1.29, 1.82) is 0 Å². The van der Waals surface area contributed by atoms with Crippen LogP contribution < -0.4 is 10.6 Å². The van der Waals surface area contributed by atoms with Gasteiger partial charge in [-0.15, -0.1) is 24.0 Å². The maximum Gasteiger partial charge on any atom is 0.416 e. The van der Waals surface area contributed by atoms with E-state index in [2.05, 4.69) is 15.6 Å². The van der Waals surface area contributed by atoms with Crippen LogP contribution in [0.25, 0.3) is 0 Å². The molecule has 0 aliphatic carbocycles. The molecule has 4 nitrogen and oxygen atoms in total. The van der Waals surface area contributed by atoms with Gasteiger partial charge < -0.3 is 15.4 Å². The van der Waals surface area contributed by atoms with Gasteiger partial charge in [-0.25, -0.2) is 4.99 Å². The summed E-state index contributed by atoms with van der Waals surface area (Å²) in [6.07, 6.45) is -2.08. The van der Waals surface area contributed by atoms with Crippen LogP contribution in [0.4, 0.5) is 13.2 Å². The molecule has 1 saturated heterocycles. The summed E-state index contributed by atoms with van der Waals surface area (Å²) in [6.45, 7) is 4.23. The molecule has 1 heterocycles. The van der Waals surface area contributed by atoms with Crippen LogP contribution in [0.15, 0.2) is 29.3 Å². The van der Waals surface area contributed by atoms with E-state index in [0.29, 0.717) is 24.6 Å². The fourth-order valence-electron chi connectivity index (χ4n) is 2.37. The van der Waals surface area contributed by atoms with Crippen molar-refractivity contribution in [2.24, 2.45) is 4.99 Å². The van der Waals surface area contributed by atoms with Crippen LogP contribution in [0.3, 0.4) is 0 Å². The number of aliphatic imine (C=N–C) groups is 1. The number of ether oxygens (including phenoxy) is 1. The lowest BCUT2D eigenvalue weighted by Gasteiger charge is -2.15. The van der Waals surface area contributed by atoms with Gasteiger partial charge in [-0.3, -0.25) is 0 Å². The standard InChI is InChI=1S/C16H22F3N3O.HI/c1-2-20-15(22-11-14-7-4-8-23-14)21-10-12-5-3-6-13(9-12)16(17,18)19;/h3,5-6,9,14H,2,4,7-8,10-11H2,1H3,(H2,20,21,22);1H. The summed E-state index contributed by atoms with van der Waals surface area (Å²) in [6, 6.07) is 5.24. The molecule has 0 bridgehead atoms. The van der Waals surface area contributed by atoms with Crippen LogP contribution >= 0.6 is 24.0 Å². The zero-order chi connectivity index (χ0) is 16.7. The SMILES string of the molecule is CCNC(=NCc1cccc(C(F)(F)F)c1)NCC1CCCO1.I. The van der Waals surface area contributed by atoms with Gasteiger partial charge in [-0.2, -0.15) is 13.2 Å². The van der Waals surface area contributed by atoms with Gasteiger partial charge in [-0.1, -0.05) is 12.1 Å². The van der Waals surface area contributed by atoms with E-state index >= 15 is 0 Å². The number of halogens is 4. The van der Waals surface area contributed by atoms with Crippen LogP contribution in [-0.2, 0) is 17.5 Å². The fourth-order valence-corrected chi connectivity index (χ4v) is 2.37. The Kier molecular flexibility index (Phi) is 8.82. The molecule has 1 aromatic rings. The molecule has 0 spiro atoms. The van der Waals surface area contributed by atoms with Crippen LogP contribution in [0.2, 0.25) is 0 Å². The van der Waals surface area contributed by atoms with E-state index in [-0.39, 0.29) is 36.6 Å². The Morgan fingerprint density at radius 3 is 2.75 bits per heavy atom. The minimum atomic E-state index is -4.33. The molecule has 136 valence electrons. The van der Waals surface area contributed by atoms with Gasteiger partial charge in [-0.05, 0) is 37.5 Å². The van der Waals surface area contributed by atoms with Gasteiger partial charge in [0, 0.05) is 19.7 Å². The molecule has 1 unspecified atom stereocenters. The van der Waals surface area contributed by atoms with Crippen molar-refractivity contribution < 1.29 is 17.9 Å². The second kappa shape index (κ2) is 10.1. The molecule has 1 aromatic carbocycles. The average Bonchev–Trinajstić information content (AvgIpc) is 3.03. The van der Waals surface area contributed by atoms with Crippen molar-refractivity contribution in [3.05, 3.63) is 35.4 Å². The lowest BCUT2D eigenvalue weighted by Crippen LogP contribution is -2.41. The lowest BCUT2D eigenvalue weighted by molar-refractivity contribution is -0.137. The third-order valence-electron chi connectivity index (χ3n) is 3.54. The van der Waals surface area contributed by atoms with Crippen molar-refractivity contribution in [3.63, 3.8) is 0 Å². The summed E-state index contributed by atoms with van der Waals surface area (Å²) >= 11 is 0. The van der Waals surface area contributed by atoms with Crippen molar-refractivity contribution in [1.82, 2.24) is 10.6 Å². The highest BCUT2D eigenvalue weighted by Crippen LogP contribution is 2.29. The number of alkyl halides is 3. The number of hydrogen-bond donors (Lipinski definition) is 2. The van der Waals surface area contributed by atoms with Crippen LogP contribution in [-0.4, -0.2) is 31.8 Å². The smallest absolute Gasteiger partial charge is 0.376 e. The molecule has 1 fully saturated rings. The van der Waals surface area contributed by atoms with E-state index < -0.39 is 11.7 Å². The van der Waals surface area contributed by atoms with Crippen molar-refractivity contribution in [3.8, 4) is 0 Å². The molecule has 0 saturated carbocycles. The number of nitrogens with zero attached hydrogens (tertiary/aromatic N) is 1. The number of hydrogen-bond acceptors (Lipinski definition) is 2. The van der Waals surface area contributed by atoms with E-state index in [1.165, 1.54) is 6.07 Å². The zero-order valence-corrected chi connectivity index (χ0v) is 15.9. The molecule has 1 aliphatic heterocycles. The summed E-state index contributed by atoms with van der Waals surface area (Å²) < 4.78 is 43.6. The molecule has 0 aromatic heterocycles. The molecular formula is C16H23F3IN3O. The molecule has 2 N–H and O–H groups in total. The molecule has 1 atom stereocenters. The highest BCUT2D eigenvalue weighted by molar-refractivity contribution is 14.0. The van der Waals surface area contributed by atoms with Crippen LogP contribution in [0.1, 0.15) is 30.9 Å². The van der Waals surface area contributed by atoms with E-state index in [9.17, 15) is 13.2 Å². The first-order valence-corrected chi connectivity index (χ1v) is 7.79. The van der Waals surface area contributed by atoms with Gasteiger partial charge >= 0.3 is 6.18 Å². The Hall–Kier alpha value is -1.03. The Balaban J connectivity index is 0.00000288. The maximum absolute atomic E-state index is 12.7. The van der Waals surface area contributed by atoms with Gasteiger partial charge in [0.2, 0.25) is 0 Å². The molecular weight excluding hydrogens is 434 g/mol. The van der Waals surface area contributed by atoms with Crippen LogP contribution in [0, 0.1) is 0 Å². The van der Waals surface area contributed by atoms with Crippen LogP contribution in [0.5, 0.6) is 0 Å². The summed E-state index contributed by atoms with van der Waals surface area (Å²) in [7, 11) is 0. The highest BCUT2D eigenvalue weighted by atomic mass is 127. The minimum absolute atomic E-state index is 0. The summed E-state index contributed by atoms with van der Waals surface area (Å²) in [5, 5.41) is 6.25. The quantitative estimate of drug-likeness (QED) is 0.404. The van der Waals surface area contributed by atoms with E-state index in [1.54, 1.807) is 6.07 Å². The summed E-state index contributed by atoms with van der Waals surface area (Å²) in [4.78, 5) is 4.34. The number of rotatable bonds is 5. The zero-order valence-electron chi connectivity index (χ0n) is 13.5. The van der Waals surface area contributed by atoms with Crippen molar-refractivity contribution in [2.75, 3.05) is 19.7 Å². The van der Waals surface area contributed by atoms with Gasteiger partial charge in [0.1, 0.15) is 0 Å². The summed E-state index contributed by atoms with van der Waals surface area (Å²) in [5.41, 5.74) is -0.128. The van der Waals surface area contributed by atoms with E-state index in [1.807, 2.05) is 6.92 Å². The topological polar surface area (TPSA) is 45.7 Å². The van der Waals surface area contributed by atoms with Gasteiger partial charge in [0.05, 0.1) is 18.2 Å². The van der Waals surface area contributed by atoms with Gasteiger partial charge in [0.25, 0.3) is 0 Å². The number of nitrogens with one attached hydrogen (secondary N) is 2. The third kappa shape index (κ3) is 6.84. The third-order valence-corrected chi connectivity index (χ3v) is 3.54. The number of benzene rings is 1. The minimum Gasteiger partial charge on any atom is -0.376 e. The van der Waals surface area contributed by atoms with Crippen molar-refractivity contribution in [2.45, 2.75) is 38.6 Å². The average molecular weight is 457 g/mol. The predicted molar refractivity (Wildman–Crippen MR) is 98.7 cm³/mol. The fraction of sp³-hybridized carbons (Fsp3) is 0.562.